The molecular formula is C16H31IO4. The van der Waals surface area contributed by atoms with Crippen LogP contribution in [0.1, 0.15) is 74.7 Å². The largest absolute Gasteiger partial charge is 0.234 e. The van der Waals surface area contributed by atoms with Crippen LogP contribution in [0.15, 0.2) is 0 Å². The Morgan fingerprint density at radius 3 is 1.90 bits per heavy atom. The summed E-state index contributed by atoms with van der Waals surface area (Å²) in [7, 11) is 0. The lowest BCUT2D eigenvalue weighted by Gasteiger charge is -2.45. The Kier molecular flexibility index (Phi) is 6.16. The third-order valence-electron chi connectivity index (χ3n) is 3.14. The van der Waals surface area contributed by atoms with Gasteiger partial charge in [-0.2, -0.15) is 9.78 Å². The summed E-state index contributed by atoms with van der Waals surface area (Å²) in [5.41, 5.74) is -0.265. The fourth-order valence-corrected chi connectivity index (χ4v) is 3.03. The summed E-state index contributed by atoms with van der Waals surface area (Å²) in [5.74, 6) is -0.366. The van der Waals surface area contributed by atoms with E-state index >= 15 is 0 Å². The van der Waals surface area contributed by atoms with E-state index in [-0.39, 0.29) is 11.0 Å². The van der Waals surface area contributed by atoms with Crippen molar-refractivity contribution in [2.24, 2.45) is 11.3 Å². The van der Waals surface area contributed by atoms with E-state index in [4.69, 9.17) is 19.6 Å². The zero-order chi connectivity index (χ0) is 16.5. The van der Waals surface area contributed by atoms with Crippen LogP contribution in [0.25, 0.3) is 0 Å². The average Bonchev–Trinajstić information content (AvgIpc) is 2.19. The van der Waals surface area contributed by atoms with Crippen LogP contribution in [-0.2, 0) is 19.6 Å². The Morgan fingerprint density at radius 2 is 1.48 bits per heavy atom. The van der Waals surface area contributed by atoms with E-state index in [1.807, 2.05) is 34.6 Å². The third kappa shape index (κ3) is 7.59. The molecule has 2 atom stereocenters. The average molecular weight is 414 g/mol. The van der Waals surface area contributed by atoms with Gasteiger partial charge in [0.2, 0.25) is 5.79 Å². The summed E-state index contributed by atoms with van der Waals surface area (Å²) in [6, 6.07) is 0. The van der Waals surface area contributed by atoms with Crippen molar-refractivity contribution in [1.29, 1.82) is 0 Å². The second-order valence-electron chi connectivity index (χ2n) is 8.57. The first kappa shape index (κ1) is 19.6. The third-order valence-corrected chi connectivity index (χ3v) is 3.32. The predicted molar refractivity (Wildman–Crippen MR) is 91.7 cm³/mol. The van der Waals surface area contributed by atoms with Gasteiger partial charge in [-0.15, -0.1) is 0 Å². The molecule has 4 nitrogen and oxygen atoms in total. The lowest BCUT2D eigenvalue weighted by molar-refractivity contribution is -0.544. The molecule has 0 aliphatic heterocycles. The van der Waals surface area contributed by atoms with Crippen molar-refractivity contribution >= 4 is 22.6 Å². The highest BCUT2D eigenvalue weighted by atomic mass is 127. The van der Waals surface area contributed by atoms with Gasteiger partial charge in [0.05, 0.1) is 5.60 Å². The Hall–Kier alpha value is 0.570. The van der Waals surface area contributed by atoms with Gasteiger partial charge in [0.1, 0.15) is 3.61 Å². The Morgan fingerprint density at radius 1 is 0.952 bits per heavy atom. The molecule has 1 fully saturated rings. The first-order valence-electron chi connectivity index (χ1n) is 7.65. The van der Waals surface area contributed by atoms with Gasteiger partial charge in [0.15, 0.2) is 0 Å². The van der Waals surface area contributed by atoms with Gasteiger partial charge in [-0.3, -0.25) is 0 Å². The Balaban J connectivity index is 2.87. The van der Waals surface area contributed by atoms with Crippen LogP contribution >= 0.6 is 22.6 Å². The van der Waals surface area contributed by atoms with Crippen LogP contribution in [0.4, 0.5) is 0 Å². The number of halogens is 1. The molecule has 1 aliphatic carbocycles. The van der Waals surface area contributed by atoms with Crippen LogP contribution in [0.3, 0.4) is 0 Å². The molecule has 0 aromatic heterocycles. The smallest absolute Gasteiger partial charge is 0.228 e. The molecule has 1 aliphatic rings. The zero-order valence-corrected chi connectivity index (χ0v) is 16.9. The highest BCUT2D eigenvalue weighted by Crippen LogP contribution is 2.47. The molecule has 0 N–H and O–H groups in total. The minimum absolute atomic E-state index is 0.123. The molecule has 0 spiro atoms. The second kappa shape index (κ2) is 6.59. The van der Waals surface area contributed by atoms with E-state index in [2.05, 4.69) is 43.4 Å². The van der Waals surface area contributed by atoms with Crippen LogP contribution < -0.4 is 0 Å². The van der Waals surface area contributed by atoms with Gasteiger partial charge in [-0.25, -0.2) is 9.78 Å². The SMILES string of the molecule is CC1CC(C)(C)CC(OOC(C)(C)C)(OOC(C)(C)I)C1. The monoisotopic (exact) mass is 414 g/mol. The maximum absolute atomic E-state index is 5.79. The Bertz CT molecular complexity index is 323. The molecule has 1 rings (SSSR count). The minimum atomic E-state index is -0.850. The summed E-state index contributed by atoms with van der Waals surface area (Å²) in [4.78, 5) is 22.7. The highest BCUT2D eigenvalue weighted by Gasteiger charge is 2.48. The molecule has 5 heteroatoms. The number of rotatable bonds is 5. The molecule has 0 saturated heterocycles. The van der Waals surface area contributed by atoms with Gasteiger partial charge >= 0.3 is 0 Å². The maximum Gasteiger partial charge on any atom is 0.234 e. The summed E-state index contributed by atoms with van der Waals surface area (Å²) in [6.07, 6.45) is 2.65. The normalized spacial score (nSPS) is 30.4. The standard InChI is InChI=1S/C16H31IO4/c1-12-9-14(5,6)11-16(10-12,20-18-13(2,3)4)21-19-15(7,8)17/h12H,9-11H2,1-8H3. The van der Waals surface area contributed by atoms with E-state index in [1.54, 1.807) is 0 Å². The van der Waals surface area contributed by atoms with E-state index in [9.17, 15) is 0 Å². The lowest BCUT2D eigenvalue weighted by Crippen LogP contribution is -2.48. The van der Waals surface area contributed by atoms with Gasteiger partial charge in [-0.1, -0.05) is 20.8 Å². The van der Waals surface area contributed by atoms with Crippen LogP contribution in [0.5, 0.6) is 0 Å². The van der Waals surface area contributed by atoms with Gasteiger partial charge in [0, 0.05) is 12.8 Å². The van der Waals surface area contributed by atoms with Crippen molar-refractivity contribution in [2.75, 3.05) is 0 Å². The van der Waals surface area contributed by atoms with E-state index in [0.717, 1.165) is 19.3 Å². The van der Waals surface area contributed by atoms with Crippen molar-refractivity contribution in [3.05, 3.63) is 0 Å². The van der Waals surface area contributed by atoms with Crippen molar-refractivity contribution in [3.8, 4) is 0 Å². The Labute approximate surface area is 143 Å². The first-order valence-corrected chi connectivity index (χ1v) is 8.73. The first-order chi connectivity index (χ1) is 9.22. The second-order valence-corrected chi connectivity index (χ2v) is 11.2. The van der Waals surface area contributed by atoms with Crippen molar-refractivity contribution in [2.45, 2.75) is 89.6 Å². The highest BCUT2D eigenvalue weighted by molar-refractivity contribution is 14.1. The van der Waals surface area contributed by atoms with Gasteiger partial charge in [0.25, 0.3) is 0 Å². The summed E-state index contributed by atoms with van der Waals surface area (Å²) >= 11 is 2.19. The maximum atomic E-state index is 5.79. The van der Waals surface area contributed by atoms with Crippen LogP contribution in [-0.4, -0.2) is 15.0 Å². The molecule has 0 heterocycles. The topological polar surface area (TPSA) is 36.9 Å². The molecule has 21 heavy (non-hydrogen) atoms. The molecule has 0 bridgehead atoms. The molecule has 0 aromatic rings. The molecule has 0 amide bonds. The summed E-state index contributed by atoms with van der Waals surface area (Å²) in [5, 5.41) is 0. The fraction of sp³-hybridized carbons (Fsp3) is 1.00. The molecule has 0 radical (unpaired) electrons. The number of hydrogen-bond acceptors (Lipinski definition) is 4. The van der Waals surface area contributed by atoms with E-state index < -0.39 is 9.39 Å². The van der Waals surface area contributed by atoms with Crippen molar-refractivity contribution < 1.29 is 19.6 Å². The minimum Gasteiger partial charge on any atom is -0.228 e. The predicted octanol–water partition coefficient (Wildman–Crippen LogP) is 5.39. The molecule has 2 unspecified atom stereocenters. The van der Waals surface area contributed by atoms with Crippen LogP contribution in [0.2, 0.25) is 0 Å². The van der Waals surface area contributed by atoms with E-state index in [1.165, 1.54) is 0 Å². The lowest BCUT2D eigenvalue weighted by atomic mass is 9.70. The molecule has 1 saturated carbocycles. The molecular weight excluding hydrogens is 383 g/mol. The number of hydrogen-bond donors (Lipinski definition) is 0. The summed E-state index contributed by atoms with van der Waals surface area (Å²) in [6.45, 7) is 16.5. The summed E-state index contributed by atoms with van der Waals surface area (Å²) < 4.78 is -0.416. The molecule has 0 aromatic carbocycles. The zero-order valence-electron chi connectivity index (χ0n) is 14.7. The van der Waals surface area contributed by atoms with Crippen molar-refractivity contribution in [3.63, 3.8) is 0 Å². The molecule has 126 valence electrons. The van der Waals surface area contributed by atoms with E-state index in [0.29, 0.717) is 5.92 Å². The quantitative estimate of drug-likeness (QED) is 0.199. The number of alkyl halides is 1. The van der Waals surface area contributed by atoms with Crippen molar-refractivity contribution in [1.82, 2.24) is 0 Å². The van der Waals surface area contributed by atoms with Crippen LogP contribution in [0, 0.1) is 11.3 Å². The van der Waals surface area contributed by atoms with Gasteiger partial charge < -0.3 is 0 Å². The van der Waals surface area contributed by atoms with Gasteiger partial charge in [-0.05, 0) is 75.0 Å². The fourth-order valence-electron chi connectivity index (χ4n) is 2.94.